The first-order valence-electron chi connectivity index (χ1n) is 8.38. The van der Waals surface area contributed by atoms with Crippen molar-refractivity contribution in [3.8, 4) is 5.75 Å². The number of nitrogens with one attached hydrogen (secondary N) is 2. The van der Waals surface area contributed by atoms with E-state index in [4.69, 9.17) is 4.74 Å². The number of alkyl halides is 1. The quantitative estimate of drug-likeness (QED) is 0.629. The number of aromatic nitrogens is 3. The van der Waals surface area contributed by atoms with Crippen molar-refractivity contribution in [3.63, 3.8) is 0 Å². The lowest BCUT2D eigenvalue weighted by Gasteiger charge is -2.08. The summed E-state index contributed by atoms with van der Waals surface area (Å²) < 4.78 is 27.8. The van der Waals surface area contributed by atoms with Crippen LogP contribution in [-0.2, 0) is 6.42 Å². The van der Waals surface area contributed by atoms with Gasteiger partial charge in [-0.3, -0.25) is 0 Å². The zero-order valence-corrected chi connectivity index (χ0v) is 14.5. The lowest BCUT2D eigenvalue weighted by atomic mass is 10.1. The van der Waals surface area contributed by atoms with E-state index < -0.39 is 6.17 Å². The van der Waals surface area contributed by atoms with E-state index in [2.05, 4.69) is 19.0 Å². The number of hydrogen-bond acceptors (Lipinski definition) is 5. The molecule has 25 heavy (non-hydrogen) atoms. The van der Waals surface area contributed by atoms with Crippen LogP contribution in [0, 0.1) is 0 Å². The van der Waals surface area contributed by atoms with Crippen LogP contribution in [-0.4, -0.2) is 39.6 Å². The zero-order valence-electron chi connectivity index (χ0n) is 13.7. The summed E-state index contributed by atoms with van der Waals surface area (Å²) in [6, 6.07) is 5.76. The van der Waals surface area contributed by atoms with Crippen LogP contribution in [0.25, 0.3) is 23.2 Å². The molecule has 0 bridgehead atoms. The van der Waals surface area contributed by atoms with E-state index in [1.807, 2.05) is 30.5 Å². The lowest BCUT2D eigenvalue weighted by Crippen LogP contribution is -2.31. The Morgan fingerprint density at radius 2 is 2.28 bits per heavy atom. The first kappa shape index (κ1) is 16.2. The molecule has 0 aliphatic heterocycles. The second-order valence-corrected chi connectivity index (χ2v) is 6.53. The van der Waals surface area contributed by atoms with Crippen molar-refractivity contribution in [1.29, 1.82) is 0 Å². The van der Waals surface area contributed by atoms with E-state index in [9.17, 15) is 4.39 Å². The van der Waals surface area contributed by atoms with Gasteiger partial charge in [0.15, 0.2) is 0 Å². The topological polar surface area (TPSA) is 62.8 Å². The minimum atomic E-state index is -0.869. The standard InChI is InChI=1S/C18H19FN4OS/c19-13-4-5-15-14(10-13)12(11-21-15)6-7-20-8-9-24-17-3-1-2-16-18(17)23-25-22-16/h1-3,5,10-11,13,20-21H,4,6-9H2. The van der Waals surface area contributed by atoms with Crippen LogP contribution in [0.3, 0.4) is 0 Å². The first-order valence-corrected chi connectivity index (χ1v) is 9.11. The van der Waals surface area contributed by atoms with Gasteiger partial charge in [0.05, 0.1) is 11.7 Å². The molecule has 1 aromatic carbocycles. The maximum Gasteiger partial charge on any atom is 0.148 e. The van der Waals surface area contributed by atoms with Crippen molar-refractivity contribution < 1.29 is 9.13 Å². The minimum Gasteiger partial charge on any atom is -0.490 e. The van der Waals surface area contributed by atoms with Crippen molar-refractivity contribution in [2.24, 2.45) is 0 Å². The van der Waals surface area contributed by atoms with Gasteiger partial charge in [0.2, 0.25) is 0 Å². The number of H-pyrrole nitrogens is 1. The van der Waals surface area contributed by atoms with E-state index in [0.29, 0.717) is 13.0 Å². The molecule has 4 rings (SSSR count). The molecular weight excluding hydrogens is 339 g/mol. The predicted molar refractivity (Wildman–Crippen MR) is 98.0 cm³/mol. The van der Waals surface area contributed by atoms with Gasteiger partial charge in [-0.05, 0) is 36.7 Å². The molecule has 2 heterocycles. The molecule has 2 aromatic heterocycles. The van der Waals surface area contributed by atoms with Gasteiger partial charge in [-0.15, -0.1) is 0 Å². The number of halogens is 1. The second-order valence-electron chi connectivity index (χ2n) is 6.00. The van der Waals surface area contributed by atoms with Crippen molar-refractivity contribution in [3.05, 3.63) is 40.5 Å². The highest BCUT2D eigenvalue weighted by molar-refractivity contribution is 7.00. The largest absolute Gasteiger partial charge is 0.490 e. The third-order valence-corrected chi connectivity index (χ3v) is 4.83. The molecule has 130 valence electrons. The highest BCUT2D eigenvalue weighted by Gasteiger charge is 2.09. The van der Waals surface area contributed by atoms with Crippen LogP contribution in [0.15, 0.2) is 24.4 Å². The Balaban J connectivity index is 1.25. The molecule has 2 N–H and O–H groups in total. The van der Waals surface area contributed by atoms with Crippen molar-refractivity contribution in [1.82, 2.24) is 19.0 Å². The summed E-state index contributed by atoms with van der Waals surface area (Å²) >= 11 is 1.19. The summed E-state index contributed by atoms with van der Waals surface area (Å²) in [7, 11) is 0. The smallest absolute Gasteiger partial charge is 0.148 e. The molecule has 3 aromatic rings. The van der Waals surface area contributed by atoms with Crippen LogP contribution in [0.2, 0.25) is 0 Å². The molecule has 0 radical (unpaired) electrons. The van der Waals surface area contributed by atoms with Crippen LogP contribution in [0.5, 0.6) is 5.75 Å². The summed E-state index contributed by atoms with van der Waals surface area (Å²) in [4.78, 5) is 3.22. The molecular formula is C18H19FN4OS. The van der Waals surface area contributed by atoms with Crippen molar-refractivity contribution in [2.75, 3.05) is 19.7 Å². The number of nitrogens with zero attached hydrogens (tertiary/aromatic N) is 2. The molecule has 5 nitrogen and oxygen atoms in total. The average Bonchev–Trinajstić information content (AvgIpc) is 3.25. The highest BCUT2D eigenvalue weighted by atomic mass is 32.1. The van der Waals surface area contributed by atoms with Gasteiger partial charge < -0.3 is 15.0 Å². The van der Waals surface area contributed by atoms with Crippen LogP contribution in [0.4, 0.5) is 4.39 Å². The van der Waals surface area contributed by atoms with Gasteiger partial charge >= 0.3 is 0 Å². The lowest BCUT2D eigenvalue weighted by molar-refractivity contribution is 0.317. The normalized spacial score (nSPS) is 16.3. The van der Waals surface area contributed by atoms with Gasteiger partial charge in [0, 0.05) is 29.7 Å². The van der Waals surface area contributed by atoms with E-state index in [1.54, 1.807) is 6.08 Å². The van der Waals surface area contributed by atoms with Gasteiger partial charge in [0.25, 0.3) is 0 Å². The van der Waals surface area contributed by atoms with Crippen LogP contribution >= 0.6 is 11.7 Å². The Labute approximate surface area is 148 Å². The Morgan fingerprint density at radius 3 is 3.24 bits per heavy atom. The summed E-state index contributed by atoms with van der Waals surface area (Å²) in [5.74, 6) is 0.770. The molecule has 7 heteroatoms. The summed E-state index contributed by atoms with van der Waals surface area (Å²) in [5.41, 5.74) is 2.84. The number of fused-ring (bicyclic) bond motifs is 2. The zero-order chi connectivity index (χ0) is 17.1. The maximum absolute atomic E-state index is 13.5. The van der Waals surface area contributed by atoms with E-state index in [0.717, 1.165) is 52.4 Å². The van der Waals surface area contributed by atoms with Gasteiger partial charge in [-0.2, -0.15) is 8.75 Å². The van der Waals surface area contributed by atoms with Gasteiger partial charge in [-0.1, -0.05) is 12.1 Å². The fourth-order valence-electron chi connectivity index (χ4n) is 3.02. The van der Waals surface area contributed by atoms with E-state index >= 15 is 0 Å². The van der Waals surface area contributed by atoms with E-state index in [-0.39, 0.29) is 0 Å². The Morgan fingerprint density at radius 1 is 1.32 bits per heavy atom. The molecule has 1 unspecified atom stereocenters. The van der Waals surface area contributed by atoms with Crippen LogP contribution in [0.1, 0.15) is 12.0 Å². The number of hydrogen-bond donors (Lipinski definition) is 2. The van der Waals surface area contributed by atoms with Crippen molar-refractivity contribution in [2.45, 2.75) is 19.0 Å². The Hall–Kier alpha value is -2.25. The summed E-state index contributed by atoms with van der Waals surface area (Å²) in [5, 5.41) is 5.42. The molecule has 0 saturated carbocycles. The maximum atomic E-state index is 13.5. The van der Waals surface area contributed by atoms with Gasteiger partial charge in [0.1, 0.15) is 29.6 Å². The van der Waals surface area contributed by atoms with Gasteiger partial charge in [-0.25, -0.2) is 4.39 Å². The van der Waals surface area contributed by atoms with Crippen molar-refractivity contribution >= 4 is 34.9 Å². The number of ether oxygens (including phenoxy) is 1. The highest BCUT2D eigenvalue weighted by Crippen LogP contribution is 2.23. The fraction of sp³-hybridized carbons (Fsp3) is 0.333. The fourth-order valence-corrected chi connectivity index (χ4v) is 3.57. The molecule has 1 aliphatic rings. The Kier molecular flexibility index (Phi) is 4.76. The monoisotopic (exact) mass is 358 g/mol. The SMILES string of the molecule is FC1C=c2c(CCNCCOc3cccc4nsnc34)c[nH]c2=CC1. The average molecular weight is 358 g/mol. The molecule has 1 atom stereocenters. The number of rotatable bonds is 7. The molecule has 0 fully saturated rings. The molecule has 1 aliphatic carbocycles. The first-order chi connectivity index (χ1) is 12.3. The number of aromatic amines is 1. The number of benzene rings is 1. The molecule has 0 saturated heterocycles. The van der Waals surface area contributed by atoms with E-state index in [1.165, 1.54) is 11.7 Å². The minimum absolute atomic E-state index is 0.462. The molecule has 0 amide bonds. The third-order valence-electron chi connectivity index (χ3n) is 4.29. The Bertz CT molecular complexity index is 981. The third kappa shape index (κ3) is 3.57. The second kappa shape index (κ2) is 7.33. The molecule has 0 spiro atoms. The predicted octanol–water partition coefficient (Wildman–Crippen LogP) is 1.53. The summed E-state index contributed by atoms with van der Waals surface area (Å²) in [6.45, 7) is 2.12. The van der Waals surface area contributed by atoms with Crippen LogP contribution < -0.4 is 20.6 Å². The summed E-state index contributed by atoms with van der Waals surface area (Å²) in [6.07, 6.45) is 6.07.